The van der Waals surface area contributed by atoms with Crippen molar-refractivity contribution in [1.82, 2.24) is 9.80 Å². The molecule has 0 radical (unpaired) electrons. The molecule has 3 heterocycles. The quantitative estimate of drug-likeness (QED) is 0.793. The third-order valence-corrected chi connectivity index (χ3v) is 6.56. The summed E-state index contributed by atoms with van der Waals surface area (Å²) in [5, 5.41) is 3.87. The molecule has 1 aromatic heterocycles. The third kappa shape index (κ3) is 3.87. The van der Waals surface area contributed by atoms with E-state index in [9.17, 15) is 9.18 Å². The lowest BCUT2D eigenvalue weighted by molar-refractivity contribution is 0.0673. The van der Waals surface area contributed by atoms with Crippen molar-refractivity contribution in [2.75, 3.05) is 33.3 Å². The van der Waals surface area contributed by atoms with Gasteiger partial charge in [0, 0.05) is 42.5 Å². The van der Waals surface area contributed by atoms with Gasteiger partial charge in [0.2, 0.25) is 0 Å². The molecule has 4 nitrogen and oxygen atoms in total. The van der Waals surface area contributed by atoms with Gasteiger partial charge in [0.1, 0.15) is 11.6 Å². The summed E-state index contributed by atoms with van der Waals surface area (Å²) in [4.78, 5) is 17.0. The van der Waals surface area contributed by atoms with E-state index in [1.165, 1.54) is 6.07 Å². The second-order valence-electron chi connectivity index (χ2n) is 7.76. The van der Waals surface area contributed by atoms with Gasteiger partial charge in [-0.05, 0) is 55.5 Å². The molecule has 0 saturated carbocycles. The van der Waals surface area contributed by atoms with Crippen LogP contribution in [0, 0.1) is 11.2 Å². The zero-order valence-corrected chi connectivity index (χ0v) is 16.4. The highest BCUT2D eigenvalue weighted by Crippen LogP contribution is 2.40. The van der Waals surface area contributed by atoms with Crippen molar-refractivity contribution in [3.63, 3.8) is 0 Å². The first-order valence-electron chi connectivity index (χ1n) is 9.45. The number of hydrogen-bond acceptors (Lipinski definition) is 4. The Balaban J connectivity index is 1.43. The van der Waals surface area contributed by atoms with Crippen molar-refractivity contribution in [1.29, 1.82) is 0 Å². The zero-order valence-electron chi connectivity index (χ0n) is 15.6. The number of amides is 1. The van der Waals surface area contributed by atoms with Gasteiger partial charge in [0.15, 0.2) is 0 Å². The molecule has 1 aromatic carbocycles. The number of benzene rings is 1. The number of likely N-dealkylation sites (tertiary alicyclic amines) is 2. The number of halogens is 1. The minimum Gasteiger partial charge on any atom is -0.497 e. The lowest BCUT2D eigenvalue weighted by atomic mass is 9.79. The number of piperidine rings is 1. The number of methoxy groups -OCH3 is 1. The summed E-state index contributed by atoms with van der Waals surface area (Å²) in [6, 6.07) is 6.82. The number of hydrogen-bond donors (Lipinski definition) is 0. The van der Waals surface area contributed by atoms with Gasteiger partial charge in [-0.25, -0.2) is 4.39 Å². The zero-order chi connectivity index (χ0) is 18.9. The van der Waals surface area contributed by atoms with Crippen LogP contribution in [0.5, 0.6) is 5.75 Å². The van der Waals surface area contributed by atoms with Crippen LogP contribution in [0.4, 0.5) is 4.39 Å². The van der Waals surface area contributed by atoms with E-state index in [4.69, 9.17) is 4.74 Å². The first kappa shape index (κ1) is 18.4. The average Bonchev–Trinajstić information content (AvgIpc) is 3.34. The second-order valence-corrected chi connectivity index (χ2v) is 8.54. The van der Waals surface area contributed by atoms with E-state index < -0.39 is 0 Å². The number of thiophene rings is 1. The maximum atomic E-state index is 14.2. The Hall–Kier alpha value is -1.92. The lowest BCUT2D eigenvalue weighted by Gasteiger charge is -2.40. The van der Waals surface area contributed by atoms with Crippen LogP contribution in [0.15, 0.2) is 35.0 Å². The summed E-state index contributed by atoms with van der Waals surface area (Å²) >= 11 is 1.56. The van der Waals surface area contributed by atoms with Gasteiger partial charge in [-0.2, -0.15) is 11.3 Å². The van der Waals surface area contributed by atoms with E-state index in [-0.39, 0.29) is 17.1 Å². The van der Waals surface area contributed by atoms with Gasteiger partial charge in [-0.1, -0.05) is 0 Å². The van der Waals surface area contributed by atoms with Crippen molar-refractivity contribution < 1.29 is 13.9 Å². The van der Waals surface area contributed by atoms with E-state index in [2.05, 4.69) is 4.90 Å². The predicted octanol–water partition coefficient (Wildman–Crippen LogP) is 4.02. The number of carbonyl (C=O) groups is 1. The SMILES string of the molecule is COc1ccc(F)c(CN2CCCC3(CCN(C(=O)c4ccsc4)C3)C2)c1. The van der Waals surface area contributed by atoms with Crippen molar-refractivity contribution >= 4 is 17.2 Å². The fourth-order valence-electron chi connectivity index (χ4n) is 4.50. The standard InChI is InChI=1S/C21H25FN2O2S/c1-26-18-3-4-19(22)17(11-18)12-23-8-2-6-21(14-23)7-9-24(15-21)20(25)16-5-10-27-13-16/h3-5,10-11,13H,2,6-9,12,14-15H2,1H3. The summed E-state index contributed by atoms with van der Waals surface area (Å²) < 4.78 is 19.5. The van der Waals surface area contributed by atoms with Crippen molar-refractivity contribution in [3.05, 3.63) is 52.0 Å². The molecule has 0 bridgehead atoms. The van der Waals surface area contributed by atoms with Crippen LogP contribution < -0.4 is 4.74 Å². The number of ether oxygens (including phenoxy) is 1. The van der Waals surface area contributed by atoms with E-state index in [1.807, 2.05) is 21.7 Å². The van der Waals surface area contributed by atoms with Crippen LogP contribution in [-0.2, 0) is 6.54 Å². The Morgan fingerprint density at radius 1 is 1.26 bits per heavy atom. The van der Waals surface area contributed by atoms with Crippen LogP contribution in [0.3, 0.4) is 0 Å². The molecule has 0 aliphatic carbocycles. The first-order chi connectivity index (χ1) is 13.1. The maximum absolute atomic E-state index is 14.2. The Morgan fingerprint density at radius 2 is 2.15 bits per heavy atom. The van der Waals surface area contributed by atoms with Gasteiger partial charge >= 0.3 is 0 Å². The molecule has 2 aromatic rings. The smallest absolute Gasteiger partial charge is 0.254 e. The monoisotopic (exact) mass is 388 g/mol. The van der Waals surface area contributed by atoms with Gasteiger partial charge < -0.3 is 9.64 Å². The molecule has 1 unspecified atom stereocenters. The number of rotatable bonds is 4. The topological polar surface area (TPSA) is 32.8 Å². The Bertz CT molecular complexity index is 811. The summed E-state index contributed by atoms with van der Waals surface area (Å²) in [5.41, 5.74) is 1.61. The Kier molecular flexibility index (Phi) is 5.19. The molecular weight excluding hydrogens is 363 g/mol. The van der Waals surface area contributed by atoms with Crippen molar-refractivity contribution in [3.8, 4) is 5.75 Å². The molecule has 1 spiro atoms. The van der Waals surface area contributed by atoms with E-state index >= 15 is 0 Å². The summed E-state index contributed by atoms with van der Waals surface area (Å²) in [7, 11) is 1.60. The molecule has 4 rings (SSSR count). The third-order valence-electron chi connectivity index (χ3n) is 5.88. The van der Waals surface area contributed by atoms with Crippen LogP contribution in [0.25, 0.3) is 0 Å². The minimum atomic E-state index is -0.184. The van der Waals surface area contributed by atoms with Crippen LogP contribution in [-0.4, -0.2) is 49.0 Å². The highest BCUT2D eigenvalue weighted by Gasteiger charge is 2.42. The fraction of sp³-hybridized carbons (Fsp3) is 0.476. The number of carbonyl (C=O) groups excluding carboxylic acids is 1. The molecular formula is C21H25FN2O2S. The Labute approximate surface area is 163 Å². The molecule has 0 N–H and O–H groups in total. The molecule has 1 atom stereocenters. The van der Waals surface area contributed by atoms with Crippen LogP contribution in [0.2, 0.25) is 0 Å². The molecule has 2 fully saturated rings. The summed E-state index contributed by atoms with van der Waals surface area (Å²) in [6.07, 6.45) is 3.25. The van der Waals surface area contributed by atoms with Gasteiger partial charge in [0.25, 0.3) is 5.91 Å². The number of nitrogens with zero attached hydrogens (tertiary/aromatic N) is 2. The molecule has 1 amide bonds. The highest BCUT2D eigenvalue weighted by atomic mass is 32.1. The molecule has 144 valence electrons. The van der Waals surface area contributed by atoms with Crippen molar-refractivity contribution in [2.45, 2.75) is 25.8 Å². The molecule has 6 heteroatoms. The van der Waals surface area contributed by atoms with Crippen molar-refractivity contribution in [2.24, 2.45) is 5.41 Å². The average molecular weight is 389 g/mol. The predicted molar refractivity (Wildman–Crippen MR) is 105 cm³/mol. The maximum Gasteiger partial charge on any atom is 0.254 e. The summed E-state index contributed by atoms with van der Waals surface area (Å²) in [6.45, 7) is 4.09. The lowest BCUT2D eigenvalue weighted by Crippen LogP contribution is -2.45. The molecule has 27 heavy (non-hydrogen) atoms. The largest absolute Gasteiger partial charge is 0.497 e. The van der Waals surface area contributed by atoms with E-state index in [0.717, 1.165) is 51.0 Å². The van der Waals surface area contributed by atoms with Gasteiger partial charge in [-0.15, -0.1) is 0 Å². The first-order valence-corrected chi connectivity index (χ1v) is 10.4. The minimum absolute atomic E-state index is 0.138. The molecule has 2 saturated heterocycles. The van der Waals surface area contributed by atoms with Gasteiger partial charge in [0.05, 0.1) is 12.7 Å². The van der Waals surface area contributed by atoms with E-state index in [1.54, 1.807) is 30.6 Å². The van der Waals surface area contributed by atoms with Crippen LogP contribution >= 0.6 is 11.3 Å². The fourth-order valence-corrected chi connectivity index (χ4v) is 5.13. The molecule has 2 aliphatic heterocycles. The second kappa shape index (κ2) is 7.60. The normalized spacial score (nSPS) is 23.1. The van der Waals surface area contributed by atoms with Crippen LogP contribution in [0.1, 0.15) is 35.2 Å². The Morgan fingerprint density at radius 3 is 2.93 bits per heavy atom. The van der Waals surface area contributed by atoms with E-state index in [0.29, 0.717) is 17.9 Å². The summed E-state index contributed by atoms with van der Waals surface area (Å²) in [5.74, 6) is 0.645. The molecule has 2 aliphatic rings. The van der Waals surface area contributed by atoms with Gasteiger partial charge in [-0.3, -0.25) is 9.69 Å². The highest BCUT2D eigenvalue weighted by molar-refractivity contribution is 7.08.